The highest BCUT2D eigenvalue weighted by atomic mass is 32.2. The fourth-order valence-corrected chi connectivity index (χ4v) is 4.20. The van der Waals surface area contributed by atoms with Crippen molar-refractivity contribution in [3.05, 3.63) is 29.8 Å². The van der Waals surface area contributed by atoms with Crippen molar-refractivity contribution in [1.82, 2.24) is 9.21 Å². The fraction of sp³-hybridized carbons (Fsp3) is 0.579. The lowest BCUT2D eigenvalue weighted by atomic mass is 9.94. The van der Waals surface area contributed by atoms with Crippen molar-refractivity contribution < 1.29 is 22.7 Å². The summed E-state index contributed by atoms with van der Waals surface area (Å²) in [5, 5.41) is 0. The molecule has 8 heteroatoms. The van der Waals surface area contributed by atoms with Crippen LogP contribution in [0.25, 0.3) is 0 Å². The lowest BCUT2D eigenvalue weighted by molar-refractivity contribution is -0.137. The molecule has 0 aliphatic heterocycles. The predicted octanol–water partition coefficient (Wildman–Crippen LogP) is 2.27. The molecule has 0 radical (unpaired) electrons. The van der Waals surface area contributed by atoms with Gasteiger partial charge in [-0.05, 0) is 44.0 Å². The number of likely N-dealkylation sites (N-methyl/N-ethyl adjacent to an activating group) is 1. The zero-order valence-electron chi connectivity index (χ0n) is 16.2. The Morgan fingerprint density at radius 1 is 1.07 bits per heavy atom. The Morgan fingerprint density at radius 2 is 1.67 bits per heavy atom. The van der Waals surface area contributed by atoms with Crippen LogP contribution in [0, 0.1) is 0 Å². The molecule has 1 aliphatic carbocycles. The van der Waals surface area contributed by atoms with Crippen LogP contribution in [0.5, 0.6) is 0 Å². The molecule has 150 valence electrons. The number of hydrogen-bond acceptors (Lipinski definition) is 5. The van der Waals surface area contributed by atoms with E-state index in [1.807, 2.05) is 6.92 Å². The second-order valence-corrected chi connectivity index (χ2v) is 9.01. The van der Waals surface area contributed by atoms with Crippen LogP contribution in [-0.4, -0.2) is 62.8 Å². The molecule has 1 aliphatic rings. The van der Waals surface area contributed by atoms with Crippen molar-refractivity contribution in [2.24, 2.45) is 0 Å². The van der Waals surface area contributed by atoms with E-state index in [0.717, 1.165) is 30.0 Å². The monoisotopic (exact) mass is 396 g/mol. The molecule has 0 spiro atoms. The topological polar surface area (TPSA) is 84.0 Å². The Hall–Kier alpha value is -1.93. The van der Waals surface area contributed by atoms with E-state index >= 15 is 0 Å². The Bertz CT molecular complexity index is 753. The maximum Gasteiger partial charge on any atom is 0.338 e. The number of ether oxygens (including phenoxy) is 1. The number of hydrogen-bond donors (Lipinski definition) is 0. The molecule has 1 aromatic rings. The van der Waals surface area contributed by atoms with Gasteiger partial charge in [-0.3, -0.25) is 4.79 Å². The van der Waals surface area contributed by atoms with Gasteiger partial charge < -0.3 is 9.64 Å². The van der Waals surface area contributed by atoms with E-state index < -0.39 is 16.0 Å². The first-order valence-corrected chi connectivity index (χ1v) is 10.7. The molecular weight excluding hydrogens is 368 g/mol. The fourth-order valence-electron chi connectivity index (χ4n) is 3.30. The third kappa shape index (κ3) is 5.29. The number of rotatable bonds is 7. The van der Waals surface area contributed by atoms with Crippen molar-refractivity contribution >= 4 is 21.9 Å². The molecule has 0 aromatic heterocycles. The molecule has 0 bridgehead atoms. The minimum Gasteiger partial charge on any atom is -0.452 e. The lowest BCUT2D eigenvalue weighted by Crippen LogP contribution is -2.43. The van der Waals surface area contributed by atoms with E-state index in [1.54, 1.807) is 4.90 Å². The molecule has 2 rings (SSSR count). The third-order valence-corrected chi connectivity index (χ3v) is 6.70. The first-order chi connectivity index (χ1) is 12.8. The SMILES string of the molecule is CCN(C(=O)COC(=O)c1ccc(S(=O)(=O)N(C)C)cc1)C1CCCCC1. The average Bonchev–Trinajstić information content (AvgIpc) is 2.67. The minimum absolute atomic E-state index is 0.0922. The van der Waals surface area contributed by atoms with Crippen LogP contribution in [-0.2, 0) is 19.6 Å². The molecule has 0 heterocycles. The second-order valence-electron chi connectivity index (χ2n) is 6.86. The molecule has 1 saturated carbocycles. The van der Waals surface area contributed by atoms with E-state index in [1.165, 1.54) is 44.8 Å². The van der Waals surface area contributed by atoms with E-state index in [4.69, 9.17) is 4.74 Å². The summed E-state index contributed by atoms with van der Waals surface area (Å²) in [5.41, 5.74) is 0.209. The summed E-state index contributed by atoms with van der Waals surface area (Å²) in [5.74, 6) is -0.832. The molecule has 0 unspecified atom stereocenters. The van der Waals surface area contributed by atoms with Gasteiger partial charge in [-0.25, -0.2) is 17.5 Å². The molecule has 1 fully saturated rings. The third-order valence-electron chi connectivity index (χ3n) is 4.87. The number of carbonyl (C=O) groups is 2. The summed E-state index contributed by atoms with van der Waals surface area (Å²) >= 11 is 0. The molecule has 1 aromatic carbocycles. The Labute approximate surface area is 161 Å². The van der Waals surface area contributed by atoms with Crippen LogP contribution in [0.4, 0.5) is 0 Å². The smallest absolute Gasteiger partial charge is 0.338 e. The van der Waals surface area contributed by atoms with Gasteiger partial charge in [-0.2, -0.15) is 0 Å². The van der Waals surface area contributed by atoms with Gasteiger partial charge in [0.2, 0.25) is 10.0 Å². The summed E-state index contributed by atoms with van der Waals surface area (Å²) in [4.78, 5) is 26.5. The highest BCUT2D eigenvalue weighted by Gasteiger charge is 2.25. The number of esters is 1. The van der Waals surface area contributed by atoms with Crippen LogP contribution in [0.3, 0.4) is 0 Å². The largest absolute Gasteiger partial charge is 0.452 e. The summed E-state index contributed by atoms with van der Waals surface area (Å²) in [7, 11) is -0.673. The van der Waals surface area contributed by atoms with Crippen LogP contribution in [0.1, 0.15) is 49.4 Å². The second kappa shape index (κ2) is 9.32. The quantitative estimate of drug-likeness (QED) is 0.660. The van der Waals surface area contributed by atoms with Gasteiger partial charge in [0.05, 0.1) is 10.5 Å². The van der Waals surface area contributed by atoms with Gasteiger partial charge in [0.1, 0.15) is 0 Å². The summed E-state index contributed by atoms with van der Waals surface area (Å²) in [6.45, 7) is 2.22. The van der Waals surface area contributed by atoms with Crippen LogP contribution in [0.2, 0.25) is 0 Å². The molecule has 27 heavy (non-hydrogen) atoms. The number of nitrogens with zero attached hydrogens (tertiary/aromatic N) is 2. The average molecular weight is 397 g/mol. The first kappa shape index (κ1) is 21.4. The molecule has 0 N–H and O–H groups in total. The van der Waals surface area contributed by atoms with Crippen LogP contribution >= 0.6 is 0 Å². The zero-order chi connectivity index (χ0) is 20.0. The van der Waals surface area contributed by atoms with E-state index in [9.17, 15) is 18.0 Å². The van der Waals surface area contributed by atoms with Crippen molar-refractivity contribution in [2.45, 2.75) is 50.0 Å². The molecule has 7 nitrogen and oxygen atoms in total. The zero-order valence-corrected chi connectivity index (χ0v) is 17.0. The molecule has 0 atom stereocenters. The van der Waals surface area contributed by atoms with E-state index in [0.29, 0.717) is 6.54 Å². The molecule has 1 amide bonds. The number of amides is 1. The number of carbonyl (C=O) groups excluding carboxylic acids is 2. The molecular formula is C19H28N2O5S. The lowest BCUT2D eigenvalue weighted by Gasteiger charge is -2.33. The minimum atomic E-state index is -3.55. The standard InChI is InChI=1S/C19H28N2O5S/c1-4-21(16-8-6-5-7-9-16)18(22)14-26-19(23)15-10-12-17(13-11-15)27(24,25)20(2)3/h10-13,16H,4-9,14H2,1-3H3. The summed E-state index contributed by atoms with van der Waals surface area (Å²) in [6, 6.07) is 5.72. The number of sulfonamides is 1. The first-order valence-electron chi connectivity index (χ1n) is 9.26. The van der Waals surface area contributed by atoms with Crippen molar-refractivity contribution in [3.63, 3.8) is 0 Å². The Kier molecular flexibility index (Phi) is 7.38. The van der Waals surface area contributed by atoms with E-state index in [2.05, 4.69) is 0 Å². The number of benzene rings is 1. The van der Waals surface area contributed by atoms with Gasteiger partial charge >= 0.3 is 5.97 Å². The van der Waals surface area contributed by atoms with Crippen molar-refractivity contribution in [2.75, 3.05) is 27.2 Å². The van der Waals surface area contributed by atoms with Gasteiger partial charge in [0, 0.05) is 26.7 Å². The normalized spacial score (nSPS) is 15.6. The van der Waals surface area contributed by atoms with Gasteiger partial charge in [0.15, 0.2) is 6.61 Å². The van der Waals surface area contributed by atoms with Gasteiger partial charge in [-0.1, -0.05) is 19.3 Å². The molecule has 0 saturated heterocycles. The highest BCUT2D eigenvalue weighted by Crippen LogP contribution is 2.22. The van der Waals surface area contributed by atoms with E-state index in [-0.39, 0.29) is 29.0 Å². The summed E-state index contributed by atoms with van der Waals surface area (Å²) < 4.78 is 30.3. The van der Waals surface area contributed by atoms with Gasteiger partial charge in [-0.15, -0.1) is 0 Å². The highest BCUT2D eigenvalue weighted by molar-refractivity contribution is 7.89. The predicted molar refractivity (Wildman–Crippen MR) is 102 cm³/mol. The van der Waals surface area contributed by atoms with Crippen LogP contribution in [0.15, 0.2) is 29.2 Å². The van der Waals surface area contributed by atoms with Crippen molar-refractivity contribution in [1.29, 1.82) is 0 Å². The van der Waals surface area contributed by atoms with Crippen molar-refractivity contribution in [3.8, 4) is 0 Å². The maximum atomic E-state index is 12.4. The Balaban J connectivity index is 1.95. The van der Waals surface area contributed by atoms with Gasteiger partial charge in [0.25, 0.3) is 5.91 Å². The Morgan fingerprint density at radius 3 is 2.19 bits per heavy atom. The summed E-state index contributed by atoms with van der Waals surface area (Å²) in [6.07, 6.45) is 5.44. The maximum absolute atomic E-state index is 12.4. The van der Waals surface area contributed by atoms with Crippen LogP contribution < -0.4 is 0 Å².